The number of carbonyl (C=O) groups is 14. The largest absolute Gasteiger partial charge is 0.508 e. The van der Waals surface area contributed by atoms with Crippen molar-refractivity contribution in [2.75, 3.05) is 45.5 Å². The fourth-order valence-electron chi connectivity index (χ4n) is 9.33. The van der Waals surface area contributed by atoms with Gasteiger partial charge in [-0.3, -0.25) is 77.0 Å². The average Bonchev–Trinajstić information content (AvgIpc) is 2.79. The molecule has 2 heterocycles. The van der Waals surface area contributed by atoms with Crippen molar-refractivity contribution in [1.82, 2.24) is 58.1 Å². The van der Waals surface area contributed by atoms with Gasteiger partial charge in [-0.15, -0.1) is 11.8 Å². The number of nitrogens with zero attached hydrogens (tertiary/aromatic N) is 2. The Balaban J connectivity index is 1.25. The van der Waals surface area contributed by atoms with Crippen LogP contribution in [-0.2, 0) is 80.0 Å². The van der Waals surface area contributed by atoms with Crippen molar-refractivity contribution < 1.29 is 77.3 Å². The van der Waals surface area contributed by atoms with Gasteiger partial charge in [0, 0.05) is 83.9 Å². The zero-order valence-electron chi connectivity index (χ0n) is 50.1. The minimum Gasteiger partial charge on any atom is -0.508 e. The van der Waals surface area contributed by atoms with E-state index in [1.807, 2.05) is 0 Å². The lowest BCUT2D eigenvalue weighted by atomic mass is 10.0. The molecule has 7 atom stereocenters. The molecular formula is C58H83N15O16S. The summed E-state index contributed by atoms with van der Waals surface area (Å²) in [7, 11) is 1.49. The number of carboxylic acid groups (broad SMARTS) is 1. The van der Waals surface area contributed by atoms with E-state index in [2.05, 4.69) is 58.2 Å². The average molecular weight is 1280 g/mol. The van der Waals surface area contributed by atoms with Crippen LogP contribution in [0.2, 0.25) is 0 Å². The molecule has 90 heavy (non-hydrogen) atoms. The molecule has 0 bridgehead atoms. The van der Waals surface area contributed by atoms with Gasteiger partial charge in [0.05, 0.1) is 18.2 Å². The van der Waals surface area contributed by atoms with Gasteiger partial charge in [-0.2, -0.15) is 0 Å². The number of aliphatic carboxylic acids is 1. The molecular weight excluding hydrogens is 1190 g/mol. The molecule has 32 heteroatoms. The maximum atomic E-state index is 14.1. The van der Waals surface area contributed by atoms with Crippen LogP contribution in [0.3, 0.4) is 0 Å². The highest BCUT2D eigenvalue weighted by Gasteiger charge is 2.40. The first kappa shape index (κ1) is 73.1. The van der Waals surface area contributed by atoms with Crippen LogP contribution in [0.4, 0.5) is 0 Å². The molecule has 0 aromatic heterocycles. The summed E-state index contributed by atoms with van der Waals surface area (Å²) in [5, 5.41) is 44.0. The summed E-state index contributed by atoms with van der Waals surface area (Å²) >= 11 is 0.949. The Kier molecular flexibility index (Phi) is 31.5. The number of carboxylic acids is 1. The predicted octanol–water partition coefficient (Wildman–Crippen LogP) is -3.64. The fourth-order valence-corrected chi connectivity index (χ4v) is 10.5. The molecule has 2 aliphatic rings. The number of hydrogen-bond acceptors (Lipinski definition) is 17. The van der Waals surface area contributed by atoms with E-state index in [9.17, 15) is 77.3 Å². The van der Waals surface area contributed by atoms with Crippen molar-refractivity contribution in [1.29, 1.82) is 0 Å². The molecule has 0 aliphatic carbocycles. The van der Waals surface area contributed by atoms with E-state index >= 15 is 0 Å². The SMILES string of the molecule is CNC(=O)CCCC(=O)N[C@@H](Cc1ccc(O)cc1)C(=O)NCCCCCC(=O)NC(CSC1CC(=O)N(CCC(=O)NCCCCC2NC(=O)[C@@H](Cc3ccccc3)NC(=O)[C@@H](CC(=O)O)NC(=O)CNC(=O)C(CCCN=C(N)N)NC2=O)C1=O)C(N)=O. The van der Waals surface area contributed by atoms with Crippen LogP contribution in [0.1, 0.15) is 107 Å². The van der Waals surface area contributed by atoms with Crippen LogP contribution >= 0.6 is 11.8 Å². The molecule has 18 N–H and O–H groups in total. The molecule has 31 nitrogen and oxygen atoms in total. The van der Waals surface area contributed by atoms with Gasteiger partial charge >= 0.3 is 5.97 Å². The molecule has 2 aromatic carbocycles. The van der Waals surface area contributed by atoms with Crippen molar-refractivity contribution in [3.8, 4) is 5.75 Å². The first-order valence-electron chi connectivity index (χ1n) is 29.6. The standard InChI is InChI=1S/C58H83N15O16S/c1-62-44(75)17-10-18-47(78)67-39(29-35-19-21-36(74)22-20-35)53(85)64-25-8-3-6-16-46(77)69-42(51(59)83)33-90-43-31-49(80)73(57(43)89)27-23-45(76)63-24-9-7-14-38-54(86)70-37(15-11-26-65-58(60)61)52(84)66-32-48(79)68-41(30-50(81)82)56(88)72-40(55(87)71-38)28-34-12-4-2-5-13-34/h2,4-5,12-13,19-22,37-43,74H,3,6-11,14-18,23-33H2,1H3,(H2,59,83)(H,62,75)(H,63,76)(H,64,85)(H,66,84)(H,67,78)(H,68,79)(H,69,77)(H,70,86)(H,71,87)(H,72,88)(H,81,82)(H4,60,61,65)/t37?,38?,39-,40+,41+,42?,43?/m0/s1. The normalized spacial score (nSPS) is 18.7. The van der Waals surface area contributed by atoms with E-state index in [0.29, 0.717) is 30.4 Å². The number of hydrogen-bond donors (Lipinski definition) is 15. The van der Waals surface area contributed by atoms with Crippen LogP contribution in [0, 0.1) is 0 Å². The maximum absolute atomic E-state index is 14.1. The number of primary amides is 1. The topological polar surface area (TPSA) is 493 Å². The lowest BCUT2D eigenvalue weighted by Gasteiger charge is -2.26. The summed E-state index contributed by atoms with van der Waals surface area (Å²) in [6, 6.07) is 6.81. The number of rotatable bonds is 35. The Labute approximate surface area is 523 Å². The first-order valence-corrected chi connectivity index (χ1v) is 30.6. The Morgan fingerprint density at radius 1 is 0.644 bits per heavy atom. The number of imide groups is 1. The van der Waals surface area contributed by atoms with Crippen LogP contribution in [0.15, 0.2) is 59.6 Å². The second-order valence-electron chi connectivity index (χ2n) is 21.4. The summed E-state index contributed by atoms with van der Waals surface area (Å²) in [5.41, 5.74) is 17.7. The summed E-state index contributed by atoms with van der Waals surface area (Å²) in [4.78, 5) is 187. The minimum atomic E-state index is -1.67. The molecule has 4 unspecified atom stereocenters. The van der Waals surface area contributed by atoms with E-state index in [4.69, 9.17) is 17.2 Å². The highest BCUT2D eigenvalue weighted by atomic mass is 32.2. The van der Waals surface area contributed by atoms with Gasteiger partial charge in [-0.05, 0) is 74.6 Å². The van der Waals surface area contributed by atoms with Crippen LogP contribution in [0.5, 0.6) is 5.75 Å². The number of phenols is 1. The molecule has 0 radical (unpaired) electrons. The number of benzene rings is 2. The molecule has 13 amide bonds. The fraction of sp³-hybridized carbons (Fsp3) is 0.534. The number of nitrogens with two attached hydrogens (primary N) is 3. The quantitative estimate of drug-likeness (QED) is 0.0137. The molecule has 2 saturated heterocycles. The van der Waals surface area contributed by atoms with Crippen molar-refractivity contribution in [2.45, 2.75) is 151 Å². The number of thioether (sulfide) groups is 1. The van der Waals surface area contributed by atoms with Crippen molar-refractivity contribution in [3.63, 3.8) is 0 Å². The summed E-state index contributed by atoms with van der Waals surface area (Å²) in [6.07, 6.45) is 0.915. The number of phenolic OH excluding ortho intramolecular Hbond substituents is 1. The first-order chi connectivity index (χ1) is 42.9. The van der Waals surface area contributed by atoms with Gasteiger partial charge in [-0.25, -0.2) is 0 Å². The monoisotopic (exact) mass is 1280 g/mol. The van der Waals surface area contributed by atoms with E-state index in [1.165, 1.54) is 19.2 Å². The second-order valence-corrected chi connectivity index (χ2v) is 22.6. The van der Waals surface area contributed by atoms with Crippen LogP contribution in [0.25, 0.3) is 0 Å². The van der Waals surface area contributed by atoms with Crippen LogP contribution in [-0.4, -0.2) is 191 Å². The highest BCUT2D eigenvalue weighted by molar-refractivity contribution is 8.00. The molecule has 0 spiro atoms. The van der Waals surface area contributed by atoms with E-state index in [-0.39, 0.29) is 133 Å². The number of carbonyl (C=O) groups excluding carboxylic acids is 13. The predicted molar refractivity (Wildman–Crippen MR) is 326 cm³/mol. The van der Waals surface area contributed by atoms with Gasteiger partial charge < -0.3 is 80.6 Å². The number of unbranched alkanes of at least 4 members (excludes halogenated alkanes) is 3. The zero-order valence-corrected chi connectivity index (χ0v) is 51.0. The van der Waals surface area contributed by atoms with Crippen molar-refractivity contribution in [2.24, 2.45) is 22.2 Å². The van der Waals surface area contributed by atoms with Gasteiger partial charge in [0.15, 0.2) is 5.96 Å². The third-order valence-corrected chi connectivity index (χ3v) is 15.5. The van der Waals surface area contributed by atoms with Gasteiger partial charge in [0.2, 0.25) is 76.8 Å². The van der Waals surface area contributed by atoms with Crippen LogP contribution < -0.4 is 70.4 Å². The smallest absolute Gasteiger partial charge is 0.305 e. The number of amides is 13. The Morgan fingerprint density at radius 2 is 1.24 bits per heavy atom. The van der Waals surface area contributed by atoms with Crippen molar-refractivity contribution in [3.05, 3.63) is 65.7 Å². The summed E-state index contributed by atoms with van der Waals surface area (Å²) in [5.74, 6) is -10.3. The van der Waals surface area contributed by atoms with E-state index in [1.54, 1.807) is 42.5 Å². The Morgan fingerprint density at radius 3 is 1.91 bits per heavy atom. The lowest BCUT2D eigenvalue weighted by Crippen LogP contribution is -2.58. The van der Waals surface area contributed by atoms with E-state index in [0.717, 1.165) is 16.7 Å². The number of nitrogens with one attached hydrogen (secondary N) is 10. The molecule has 2 fully saturated rings. The van der Waals surface area contributed by atoms with E-state index < -0.39 is 131 Å². The molecule has 492 valence electrons. The number of likely N-dealkylation sites (tertiary alicyclic amines) is 1. The Hall–Kier alpha value is -9.36. The lowest BCUT2D eigenvalue weighted by molar-refractivity contribution is -0.141. The van der Waals surface area contributed by atoms with Gasteiger partial charge in [0.1, 0.15) is 42.0 Å². The number of aliphatic imine (C=N–C) groups is 1. The minimum absolute atomic E-state index is 0.00130. The molecule has 2 aromatic rings. The summed E-state index contributed by atoms with van der Waals surface area (Å²) in [6.45, 7) is -0.647. The third kappa shape index (κ3) is 27.4. The number of guanidine groups is 1. The summed E-state index contributed by atoms with van der Waals surface area (Å²) < 4.78 is 0. The maximum Gasteiger partial charge on any atom is 0.305 e. The van der Waals surface area contributed by atoms with Gasteiger partial charge in [-0.1, -0.05) is 48.9 Å². The Bertz CT molecular complexity index is 2880. The number of aromatic hydroxyl groups is 1. The highest BCUT2D eigenvalue weighted by Crippen LogP contribution is 2.26. The molecule has 4 rings (SSSR count). The molecule has 2 aliphatic heterocycles. The van der Waals surface area contributed by atoms with Crippen molar-refractivity contribution >= 4 is 100 Å². The zero-order chi connectivity index (χ0) is 66.1. The van der Waals surface area contributed by atoms with Gasteiger partial charge in [0.25, 0.3) is 0 Å². The molecule has 0 saturated carbocycles. The second kappa shape index (κ2) is 38.8. The third-order valence-electron chi connectivity index (χ3n) is 14.2.